The molecule has 0 aromatic carbocycles. The molecule has 4 heteroatoms. The quantitative estimate of drug-likeness (QED) is 0.601. The highest BCUT2D eigenvalue weighted by Crippen LogP contribution is 2.03. The van der Waals surface area contributed by atoms with Crippen LogP contribution in [0.4, 0.5) is 0 Å². The second-order valence-corrected chi connectivity index (χ2v) is 3.85. The molecular formula is C6H9O3S. The summed E-state index contributed by atoms with van der Waals surface area (Å²) in [5.41, 5.74) is 0. The van der Waals surface area contributed by atoms with Gasteiger partial charge in [-0.3, -0.25) is 4.79 Å². The Balaban J connectivity index is 4.59. The molecule has 0 amide bonds. The zero-order valence-corrected chi connectivity index (χ0v) is 6.52. The molecule has 0 saturated carbocycles. The van der Waals surface area contributed by atoms with Crippen LogP contribution in [0.15, 0.2) is 12.0 Å². The molecule has 10 heavy (non-hydrogen) atoms. The minimum absolute atomic E-state index is 0.248. The van der Waals surface area contributed by atoms with Crippen molar-refractivity contribution in [2.45, 2.75) is 18.6 Å². The topological polar surface area (TPSA) is 51.2 Å². The monoisotopic (exact) mass is 161 g/mol. The first-order valence-electron chi connectivity index (χ1n) is 2.82. The summed E-state index contributed by atoms with van der Waals surface area (Å²) in [6.07, 6.45) is 1.68. The lowest BCUT2D eigenvalue weighted by atomic mass is 10.4. The van der Waals surface area contributed by atoms with Crippen LogP contribution < -0.4 is 0 Å². The number of carbonyl (C=O) groups excluding carboxylic acids is 1. The molecule has 0 heterocycles. The highest BCUT2D eigenvalue weighted by molar-refractivity contribution is 7.95. The maximum absolute atomic E-state index is 10.8. The number of rotatable bonds is 4. The lowest BCUT2D eigenvalue weighted by Crippen LogP contribution is -2.18. The van der Waals surface area contributed by atoms with Crippen LogP contribution >= 0.6 is 0 Å². The van der Waals surface area contributed by atoms with Crippen molar-refractivity contribution in [3.05, 3.63) is 12.0 Å². The number of hydrogen-bond donors (Lipinski definition) is 0. The normalized spacial score (nSPS) is 14.1. The molecule has 0 aliphatic heterocycles. The minimum Gasteiger partial charge on any atom is -0.289 e. The Bertz CT molecular complexity index is 215. The fourth-order valence-electron chi connectivity index (χ4n) is 0.499. The highest BCUT2D eigenvalue weighted by Gasteiger charge is 2.19. The van der Waals surface area contributed by atoms with Gasteiger partial charge >= 0.3 is 0 Å². The van der Waals surface area contributed by atoms with Gasteiger partial charge in [-0.15, -0.1) is 0 Å². The van der Waals surface area contributed by atoms with E-state index in [2.05, 4.69) is 6.58 Å². The third-order valence-corrected chi connectivity index (χ3v) is 2.82. The molecule has 0 aliphatic rings. The van der Waals surface area contributed by atoms with E-state index in [1.54, 1.807) is 6.92 Å². The van der Waals surface area contributed by atoms with Crippen molar-refractivity contribution in [2.24, 2.45) is 0 Å². The highest BCUT2D eigenvalue weighted by atomic mass is 32.2. The summed E-state index contributed by atoms with van der Waals surface area (Å²) in [5, 5.41) is -0.253. The summed E-state index contributed by atoms with van der Waals surface area (Å²) >= 11 is 0. The van der Waals surface area contributed by atoms with Gasteiger partial charge in [0.1, 0.15) is 5.25 Å². The summed E-state index contributed by atoms with van der Waals surface area (Å²) < 4.78 is 21.6. The Morgan fingerprint density at radius 2 is 2.20 bits per heavy atom. The van der Waals surface area contributed by atoms with Crippen molar-refractivity contribution in [1.29, 1.82) is 0 Å². The summed E-state index contributed by atoms with van der Waals surface area (Å²) in [4.78, 5) is 9.99. The fraction of sp³-hybridized carbons (Fsp3) is 0.500. The summed E-state index contributed by atoms with van der Waals surface area (Å²) in [6.45, 7) is 4.69. The van der Waals surface area contributed by atoms with E-state index >= 15 is 0 Å². The Morgan fingerprint density at radius 3 is 2.30 bits per heavy atom. The molecule has 3 nitrogen and oxygen atoms in total. The van der Waals surface area contributed by atoms with Gasteiger partial charge in [0.25, 0.3) is 0 Å². The fourth-order valence-corrected chi connectivity index (χ4v) is 1.33. The van der Waals surface area contributed by atoms with Gasteiger partial charge in [0.15, 0.2) is 9.84 Å². The maximum atomic E-state index is 10.8. The van der Waals surface area contributed by atoms with E-state index in [9.17, 15) is 13.2 Å². The molecule has 1 atom stereocenters. The Hall–Kier alpha value is -0.640. The lowest BCUT2D eigenvalue weighted by Gasteiger charge is -2.01. The van der Waals surface area contributed by atoms with E-state index in [1.807, 2.05) is 0 Å². The van der Waals surface area contributed by atoms with Crippen LogP contribution in [0.5, 0.6) is 0 Å². The van der Waals surface area contributed by atoms with Gasteiger partial charge in [-0.2, -0.15) is 0 Å². The van der Waals surface area contributed by atoms with E-state index in [0.29, 0.717) is 0 Å². The van der Waals surface area contributed by atoms with Crippen molar-refractivity contribution in [2.75, 3.05) is 0 Å². The van der Waals surface area contributed by atoms with Crippen molar-refractivity contribution in [3.63, 3.8) is 0 Å². The van der Waals surface area contributed by atoms with Crippen LogP contribution in [-0.2, 0) is 14.6 Å². The summed E-state index contributed by atoms with van der Waals surface area (Å²) in [5.74, 6) is 0. The van der Waals surface area contributed by atoms with Crippen molar-refractivity contribution in [1.82, 2.24) is 0 Å². The Labute approximate surface area is 60.7 Å². The Morgan fingerprint density at radius 1 is 1.70 bits per heavy atom. The molecule has 1 unspecified atom stereocenters. The second-order valence-electron chi connectivity index (χ2n) is 1.77. The van der Waals surface area contributed by atoms with Crippen molar-refractivity contribution < 1.29 is 13.2 Å². The average Bonchev–Trinajstić information content (AvgIpc) is 1.90. The zero-order chi connectivity index (χ0) is 8.20. The first kappa shape index (κ1) is 9.36. The molecule has 57 valence electrons. The average molecular weight is 161 g/mol. The molecule has 0 saturated heterocycles. The molecule has 0 aromatic heterocycles. The molecule has 0 fully saturated rings. The molecule has 0 bridgehead atoms. The third-order valence-electron chi connectivity index (χ3n) is 1.13. The van der Waals surface area contributed by atoms with E-state index in [0.717, 1.165) is 5.41 Å². The first-order valence-corrected chi connectivity index (χ1v) is 4.43. The molecule has 0 aromatic rings. The van der Waals surface area contributed by atoms with Gasteiger partial charge in [-0.25, -0.2) is 8.42 Å². The standard InChI is InChI=1S/C6H9O3S/c1-3-6(5-7)10(8,9)4-2/h4,6H,2-3H2,1H3. The van der Waals surface area contributed by atoms with E-state index < -0.39 is 15.1 Å². The van der Waals surface area contributed by atoms with Gasteiger partial charge < -0.3 is 0 Å². The molecule has 1 radical (unpaired) electrons. The summed E-state index contributed by atoms with van der Waals surface area (Å²) in [7, 11) is -3.42. The smallest absolute Gasteiger partial charge is 0.218 e. The SMILES string of the molecule is C=CS(=O)(=O)C([C]=O)CC. The molecule has 0 aliphatic carbocycles. The Kier molecular flexibility index (Phi) is 3.28. The minimum atomic E-state index is -3.42. The van der Waals surface area contributed by atoms with Crippen LogP contribution in [0.3, 0.4) is 0 Å². The predicted octanol–water partition coefficient (Wildman–Crippen LogP) is 0.433. The molecule has 0 rings (SSSR count). The molecule has 0 N–H and O–H groups in total. The molecule has 0 spiro atoms. The van der Waals surface area contributed by atoms with Gasteiger partial charge in [-0.05, 0) is 6.42 Å². The van der Waals surface area contributed by atoms with Gasteiger partial charge in [-0.1, -0.05) is 13.5 Å². The zero-order valence-electron chi connectivity index (χ0n) is 5.70. The van der Waals surface area contributed by atoms with Crippen molar-refractivity contribution >= 4 is 16.1 Å². The number of hydrogen-bond acceptors (Lipinski definition) is 3. The van der Waals surface area contributed by atoms with Crippen LogP contribution in [-0.4, -0.2) is 20.0 Å². The van der Waals surface area contributed by atoms with Crippen LogP contribution in [0.25, 0.3) is 0 Å². The van der Waals surface area contributed by atoms with Crippen LogP contribution in [0.1, 0.15) is 13.3 Å². The van der Waals surface area contributed by atoms with Crippen LogP contribution in [0, 0.1) is 0 Å². The lowest BCUT2D eigenvalue weighted by molar-refractivity contribution is 0.545. The van der Waals surface area contributed by atoms with E-state index in [4.69, 9.17) is 0 Å². The first-order chi connectivity index (χ1) is 4.58. The van der Waals surface area contributed by atoms with Crippen molar-refractivity contribution in [3.8, 4) is 0 Å². The van der Waals surface area contributed by atoms with Gasteiger partial charge in [0.2, 0.25) is 6.29 Å². The predicted molar refractivity (Wildman–Crippen MR) is 38.9 cm³/mol. The maximum Gasteiger partial charge on any atom is 0.218 e. The summed E-state index contributed by atoms with van der Waals surface area (Å²) in [6, 6.07) is 0. The third kappa shape index (κ3) is 1.95. The van der Waals surface area contributed by atoms with Gasteiger partial charge in [0.05, 0.1) is 0 Å². The van der Waals surface area contributed by atoms with E-state index in [1.165, 1.54) is 6.29 Å². The van der Waals surface area contributed by atoms with Gasteiger partial charge in [0, 0.05) is 5.41 Å². The second kappa shape index (κ2) is 3.51. The largest absolute Gasteiger partial charge is 0.289 e. The molecular weight excluding hydrogens is 152 g/mol. The van der Waals surface area contributed by atoms with E-state index in [-0.39, 0.29) is 6.42 Å². The van der Waals surface area contributed by atoms with Crippen LogP contribution in [0.2, 0.25) is 0 Å². The number of sulfone groups is 1.